The average Bonchev–Trinajstić information content (AvgIpc) is 2.31. The van der Waals surface area contributed by atoms with Crippen LogP contribution in [0.1, 0.15) is 32.2 Å². The van der Waals surface area contributed by atoms with Gasteiger partial charge in [0.05, 0.1) is 11.9 Å². The number of aromatic amines is 1. The molecule has 5 heteroatoms. The van der Waals surface area contributed by atoms with Crippen molar-refractivity contribution in [2.45, 2.75) is 33.1 Å². The molecule has 0 aliphatic heterocycles. The van der Waals surface area contributed by atoms with Gasteiger partial charge in [0.1, 0.15) is 16.3 Å². The molecule has 0 bridgehead atoms. The molecule has 0 radical (unpaired) electrons. The topological polar surface area (TPSA) is 41.6 Å². The van der Waals surface area contributed by atoms with Crippen molar-refractivity contribution in [1.82, 2.24) is 15.0 Å². The van der Waals surface area contributed by atoms with Gasteiger partial charge in [0.2, 0.25) is 0 Å². The fraction of sp³-hybridized carbons (Fsp3) is 0.357. The Labute approximate surface area is 116 Å². The molecule has 0 aliphatic rings. The molecule has 0 atom stereocenters. The second-order valence-corrected chi connectivity index (χ2v) is 5.92. The van der Waals surface area contributed by atoms with Gasteiger partial charge in [-0.3, -0.25) is 4.98 Å². The summed E-state index contributed by atoms with van der Waals surface area (Å²) in [5.74, 6) is 0.410. The second-order valence-electron chi connectivity index (χ2n) is 5.53. The van der Waals surface area contributed by atoms with Crippen molar-refractivity contribution in [3.8, 4) is 11.3 Å². The van der Waals surface area contributed by atoms with Crippen molar-refractivity contribution in [3.63, 3.8) is 0 Å². The minimum Gasteiger partial charge on any atom is -0.342 e. The number of rotatable bonds is 1. The maximum absolute atomic E-state index is 13.3. The molecule has 2 aromatic rings. The highest BCUT2D eigenvalue weighted by Crippen LogP contribution is 2.25. The average molecular weight is 277 g/mol. The number of aromatic nitrogens is 3. The van der Waals surface area contributed by atoms with E-state index in [2.05, 4.69) is 15.0 Å². The molecule has 0 amide bonds. The van der Waals surface area contributed by atoms with Crippen molar-refractivity contribution in [1.29, 1.82) is 0 Å². The van der Waals surface area contributed by atoms with E-state index in [-0.39, 0.29) is 11.2 Å². The smallest absolute Gasteiger partial charge is 0.142 e. The summed E-state index contributed by atoms with van der Waals surface area (Å²) < 4.78 is 13.8. The van der Waals surface area contributed by atoms with Crippen LogP contribution in [-0.2, 0) is 5.41 Å². The molecule has 0 fully saturated rings. The number of hydrogen-bond acceptors (Lipinski definition) is 3. The first-order valence-electron chi connectivity index (χ1n) is 6.01. The predicted molar refractivity (Wildman–Crippen MR) is 76.0 cm³/mol. The van der Waals surface area contributed by atoms with E-state index < -0.39 is 0 Å². The third-order valence-corrected chi connectivity index (χ3v) is 3.25. The minimum absolute atomic E-state index is 0.156. The number of nitrogens with one attached hydrogen (secondary N) is 1. The molecule has 0 unspecified atom stereocenters. The third-order valence-electron chi connectivity index (χ3n) is 2.86. The summed E-state index contributed by atoms with van der Waals surface area (Å²) in [5, 5.41) is 0. The van der Waals surface area contributed by atoms with Crippen molar-refractivity contribution >= 4 is 12.2 Å². The number of pyridine rings is 1. The van der Waals surface area contributed by atoms with E-state index in [0.717, 1.165) is 17.1 Å². The zero-order valence-electron chi connectivity index (χ0n) is 11.4. The first-order valence-corrected chi connectivity index (χ1v) is 6.42. The van der Waals surface area contributed by atoms with Crippen LogP contribution in [0.3, 0.4) is 0 Å². The molecule has 3 nitrogen and oxygen atoms in total. The van der Waals surface area contributed by atoms with Crippen LogP contribution >= 0.6 is 12.2 Å². The van der Waals surface area contributed by atoms with Gasteiger partial charge in [-0.1, -0.05) is 33.0 Å². The highest BCUT2D eigenvalue weighted by atomic mass is 32.1. The van der Waals surface area contributed by atoms with Crippen LogP contribution in [0, 0.1) is 17.4 Å². The van der Waals surface area contributed by atoms with Gasteiger partial charge >= 0.3 is 0 Å². The Morgan fingerprint density at radius 2 is 1.95 bits per heavy atom. The second kappa shape index (κ2) is 4.81. The van der Waals surface area contributed by atoms with Gasteiger partial charge in [-0.25, -0.2) is 9.37 Å². The summed E-state index contributed by atoms with van der Waals surface area (Å²) in [6, 6.07) is 1.44. The Bertz CT molecular complexity index is 671. The zero-order chi connectivity index (χ0) is 14.2. The number of H-pyrrole nitrogens is 1. The minimum atomic E-state index is -0.370. The Balaban J connectivity index is 2.70. The van der Waals surface area contributed by atoms with Crippen LogP contribution in [0.4, 0.5) is 4.39 Å². The lowest BCUT2D eigenvalue weighted by Crippen LogP contribution is -2.17. The van der Waals surface area contributed by atoms with Gasteiger partial charge in [0, 0.05) is 22.7 Å². The third kappa shape index (κ3) is 2.87. The van der Waals surface area contributed by atoms with Crippen molar-refractivity contribution in [2.75, 3.05) is 0 Å². The fourth-order valence-electron chi connectivity index (χ4n) is 1.72. The number of hydrogen-bond donors (Lipinski definition) is 1. The summed E-state index contributed by atoms with van der Waals surface area (Å²) >= 11 is 5.28. The van der Waals surface area contributed by atoms with E-state index in [1.807, 2.05) is 27.7 Å². The molecule has 2 rings (SSSR count). The maximum Gasteiger partial charge on any atom is 0.142 e. The maximum atomic E-state index is 13.3. The van der Waals surface area contributed by atoms with Crippen LogP contribution in [0.2, 0.25) is 0 Å². The van der Waals surface area contributed by atoms with Gasteiger partial charge in [0.15, 0.2) is 0 Å². The quantitative estimate of drug-likeness (QED) is 0.803. The summed E-state index contributed by atoms with van der Waals surface area (Å²) in [5.41, 5.74) is 2.13. The first kappa shape index (κ1) is 13.8. The molecule has 100 valence electrons. The number of halogens is 1. The SMILES string of the molecule is Cc1c(-c2cncc(F)c2)[nH]c(C(C)(C)C)nc1=S. The Hall–Kier alpha value is -1.62. The van der Waals surface area contributed by atoms with Crippen molar-refractivity contribution < 1.29 is 4.39 Å². The van der Waals surface area contributed by atoms with Gasteiger partial charge in [-0.05, 0) is 13.0 Å². The molecule has 1 N–H and O–H groups in total. The summed E-state index contributed by atoms with van der Waals surface area (Å²) in [7, 11) is 0. The summed E-state index contributed by atoms with van der Waals surface area (Å²) in [6.45, 7) is 8.01. The molecular weight excluding hydrogens is 261 g/mol. The van der Waals surface area contributed by atoms with E-state index in [0.29, 0.717) is 10.2 Å². The predicted octanol–water partition coefficient (Wildman–Crippen LogP) is 3.95. The van der Waals surface area contributed by atoms with E-state index in [1.54, 1.807) is 6.20 Å². The van der Waals surface area contributed by atoms with Gasteiger partial charge in [0.25, 0.3) is 0 Å². The summed E-state index contributed by atoms with van der Waals surface area (Å²) in [6.07, 6.45) is 2.79. The molecule has 19 heavy (non-hydrogen) atoms. The molecular formula is C14H16FN3S. The molecule has 0 saturated carbocycles. The molecule has 2 aromatic heterocycles. The Kier molecular flexibility index (Phi) is 3.49. The molecule has 0 aliphatic carbocycles. The van der Waals surface area contributed by atoms with E-state index in [9.17, 15) is 4.39 Å². The lowest BCUT2D eigenvalue weighted by atomic mass is 9.95. The Morgan fingerprint density at radius 1 is 1.26 bits per heavy atom. The number of nitrogens with zero attached hydrogens (tertiary/aromatic N) is 2. The van der Waals surface area contributed by atoms with Gasteiger partial charge < -0.3 is 4.98 Å². The largest absolute Gasteiger partial charge is 0.342 e. The van der Waals surface area contributed by atoms with Crippen LogP contribution in [-0.4, -0.2) is 15.0 Å². The molecule has 0 spiro atoms. The van der Waals surface area contributed by atoms with E-state index in [4.69, 9.17) is 12.2 Å². The van der Waals surface area contributed by atoms with Gasteiger partial charge in [-0.15, -0.1) is 0 Å². The normalized spacial score (nSPS) is 11.6. The summed E-state index contributed by atoms with van der Waals surface area (Å²) in [4.78, 5) is 11.5. The molecule has 2 heterocycles. The fourth-order valence-corrected chi connectivity index (χ4v) is 1.92. The lowest BCUT2D eigenvalue weighted by Gasteiger charge is -2.19. The van der Waals surface area contributed by atoms with E-state index >= 15 is 0 Å². The zero-order valence-corrected chi connectivity index (χ0v) is 12.2. The first-order chi connectivity index (χ1) is 8.79. The lowest BCUT2D eigenvalue weighted by molar-refractivity contribution is 0.544. The van der Waals surface area contributed by atoms with Gasteiger partial charge in [-0.2, -0.15) is 0 Å². The Morgan fingerprint density at radius 3 is 2.53 bits per heavy atom. The van der Waals surface area contributed by atoms with Crippen LogP contribution < -0.4 is 0 Å². The van der Waals surface area contributed by atoms with Crippen LogP contribution in [0.25, 0.3) is 11.3 Å². The van der Waals surface area contributed by atoms with E-state index in [1.165, 1.54) is 12.3 Å². The van der Waals surface area contributed by atoms with Crippen molar-refractivity contribution in [2.24, 2.45) is 0 Å². The van der Waals surface area contributed by atoms with Crippen molar-refractivity contribution in [3.05, 3.63) is 40.3 Å². The highest BCUT2D eigenvalue weighted by molar-refractivity contribution is 7.71. The molecule has 0 aromatic carbocycles. The highest BCUT2D eigenvalue weighted by Gasteiger charge is 2.19. The monoisotopic (exact) mass is 277 g/mol. The van der Waals surface area contributed by atoms with Crippen LogP contribution in [0.15, 0.2) is 18.5 Å². The molecule has 0 saturated heterocycles. The van der Waals surface area contributed by atoms with Crippen LogP contribution in [0.5, 0.6) is 0 Å². The standard InChI is InChI=1S/C14H16FN3S/c1-8-11(9-5-10(15)7-16-6-9)17-13(14(2,3)4)18-12(8)19/h5-7H,1-4H3,(H,17,18,19).